The second-order valence-corrected chi connectivity index (χ2v) is 8.17. The van der Waals surface area contributed by atoms with E-state index in [0.717, 1.165) is 10.5 Å². The van der Waals surface area contributed by atoms with Crippen LogP contribution in [0.4, 0.5) is 17.1 Å². The number of aryl methyl sites for hydroxylation is 1. The molecule has 0 saturated carbocycles. The summed E-state index contributed by atoms with van der Waals surface area (Å²) in [5.74, 6) is -1.31. The first-order valence-corrected chi connectivity index (χ1v) is 10.7. The van der Waals surface area contributed by atoms with E-state index in [1.165, 1.54) is 19.2 Å². The molecule has 2 heterocycles. The van der Waals surface area contributed by atoms with Gasteiger partial charge in [-0.05, 0) is 36.2 Å². The molecule has 3 aromatic carbocycles. The number of hydroxylamine groups is 1. The Morgan fingerprint density at radius 3 is 2.47 bits per heavy atom. The standard InChI is InChI=1S/C25H21N3O6/c1-15-7-3-4-12-20(15)27-22(16-8-5-10-18(13-16)28(31)32)21-23(34-27)25(30)26(24(21)29)17-9-6-11-19(14-17)33-2/h3-14,21-23H,1-2H3. The van der Waals surface area contributed by atoms with Crippen molar-refractivity contribution in [1.29, 1.82) is 0 Å². The number of anilines is 2. The third-order valence-electron chi connectivity index (χ3n) is 6.20. The van der Waals surface area contributed by atoms with E-state index in [4.69, 9.17) is 9.57 Å². The van der Waals surface area contributed by atoms with E-state index in [1.54, 1.807) is 41.5 Å². The van der Waals surface area contributed by atoms with E-state index in [0.29, 0.717) is 22.7 Å². The van der Waals surface area contributed by atoms with Crippen LogP contribution in [0.3, 0.4) is 0 Å². The molecule has 3 aromatic rings. The van der Waals surface area contributed by atoms with Crippen LogP contribution in [-0.2, 0) is 14.4 Å². The van der Waals surface area contributed by atoms with Crippen LogP contribution in [0.25, 0.3) is 0 Å². The molecule has 5 rings (SSSR count). The molecule has 2 aliphatic rings. The average molecular weight is 459 g/mol. The molecule has 172 valence electrons. The largest absolute Gasteiger partial charge is 0.497 e. The number of amides is 2. The summed E-state index contributed by atoms with van der Waals surface area (Å²) in [5, 5.41) is 13.0. The highest BCUT2D eigenvalue weighted by Crippen LogP contribution is 2.48. The van der Waals surface area contributed by atoms with E-state index in [-0.39, 0.29) is 5.69 Å². The van der Waals surface area contributed by atoms with Gasteiger partial charge in [-0.25, -0.2) is 9.96 Å². The number of benzene rings is 3. The number of hydrogen-bond acceptors (Lipinski definition) is 7. The van der Waals surface area contributed by atoms with Gasteiger partial charge >= 0.3 is 0 Å². The Kier molecular flexibility index (Phi) is 5.25. The summed E-state index contributed by atoms with van der Waals surface area (Å²) in [5.41, 5.74) is 2.35. The number of carbonyl (C=O) groups is 2. The Hall–Kier alpha value is -4.24. The quantitative estimate of drug-likeness (QED) is 0.323. The van der Waals surface area contributed by atoms with Gasteiger partial charge in [-0.2, -0.15) is 0 Å². The lowest BCUT2D eigenvalue weighted by molar-refractivity contribution is -0.384. The monoisotopic (exact) mass is 459 g/mol. The number of para-hydroxylation sites is 1. The molecule has 0 bridgehead atoms. The molecular weight excluding hydrogens is 438 g/mol. The van der Waals surface area contributed by atoms with Gasteiger partial charge in [-0.15, -0.1) is 0 Å². The molecular formula is C25H21N3O6. The third kappa shape index (κ3) is 3.37. The Morgan fingerprint density at radius 1 is 0.971 bits per heavy atom. The minimum atomic E-state index is -1.07. The van der Waals surface area contributed by atoms with Crippen molar-refractivity contribution < 1.29 is 24.1 Å². The molecule has 9 heteroatoms. The number of ether oxygens (including phenoxy) is 1. The number of nitro benzene ring substituents is 1. The van der Waals surface area contributed by atoms with Crippen molar-refractivity contribution in [3.05, 3.63) is 94.0 Å². The molecule has 2 aliphatic heterocycles. The van der Waals surface area contributed by atoms with Gasteiger partial charge in [-0.1, -0.05) is 36.4 Å². The van der Waals surface area contributed by atoms with Crippen molar-refractivity contribution >= 4 is 28.9 Å². The number of methoxy groups -OCH3 is 1. The maximum absolute atomic E-state index is 13.7. The van der Waals surface area contributed by atoms with E-state index in [1.807, 2.05) is 31.2 Å². The predicted molar refractivity (Wildman–Crippen MR) is 123 cm³/mol. The van der Waals surface area contributed by atoms with Gasteiger partial charge in [0.1, 0.15) is 11.7 Å². The van der Waals surface area contributed by atoms with Crippen LogP contribution in [0.1, 0.15) is 17.2 Å². The highest BCUT2D eigenvalue weighted by Gasteiger charge is 2.60. The summed E-state index contributed by atoms with van der Waals surface area (Å²) in [6.07, 6.45) is -1.07. The molecule has 0 aromatic heterocycles. The fraction of sp³-hybridized carbons (Fsp3) is 0.200. The van der Waals surface area contributed by atoms with Crippen LogP contribution >= 0.6 is 0 Å². The Bertz CT molecular complexity index is 1310. The van der Waals surface area contributed by atoms with E-state index in [9.17, 15) is 19.7 Å². The lowest BCUT2D eigenvalue weighted by Crippen LogP contribution is -2.37. The lowest BCUT2D eigenvalue weighted by Gasteiger charge is -2.29. The molecule has 2 fully saturated rings. The summed E-state index contributed by atoms with van der Waals surface area (Å²) in [6, 6.07) is 19.5. The van der Waals surface area contributed by atoms with Gasteiger partial charge in [0.25, 0.3) is 11.6 Å². The molecule has 3 unspecified atom stereocenters. The highest BCUT2D eigenvalue weighted by molar-refractivity contribution is 6.24. The SMILES string of the molecule is COc1cccc(N2C(=O)C3ON(c4ccccc4C)C(c4cccc([N+](=O)[O-])c4)C3C2=O)c1. The van der Waals surface area contributed by atoms with E-state index >= 15 is 0 Å². The van der Waals surface area contributed by atoms with Crippen LogP contribution in [-0.4, -0.2) is 30.0 Å². The molecule has 0 aliphatic carbocycles. The maximum atomic E-state index is 13.7. The normalized spacial score (nSPS) is 21.6. The first kappa shape index (κ1) is 21.6. The molecule has 0 radical (unpaired) electrons. The van der Waals surface area contributed by atoms with Gasteiger partial charge in [-0.3, -0.25) is 24.5 Å². The van der Waals surface area contributed by atoms with Crippen molar-refractivity contribution in [1.82, 2.24) is 0 Å². The summed E-state index contributed by atoms with van der Waals surface area (Å²) in [4.78, 5) is 45.3. The Morgan fingerprint density at radius 2 is 1.74 bits per heavy atom. The number of nitro groups is 1. The van der Waals surface area contributed by atoms with Gasteiger partial charge in [0, 0.05) is 18.2 Å². The van der Waals surface area contributed by atoms with Gasteiger partial charge in [0.15, 0.2) is 6.10 Å². The maximum Gasteiger partial charge on any atom is 0.269 e. The van der Waals surface area contributed by atoms with Crippen molar-refractivity contribution in [2.24, 2.45) is 5.92 Å². The Balaban J connectivity index is 1.62. The van der Waals surface area contributed by atoms with Gasteiger partial charge in [0.05, 0.1) is 29.4 Å². The smallest absolute Gasteiger partial charge is 0.269 e. The zero-order valence-electron chi connectivity index (χ0n) is 18.5. The lowest BCUT2D eigenvalue weighted by atomic mass is 9.90. The van der Waals surface area contributed by atoms with Crippen LogP contribution in [0.15, 0.2) is 72.8 Å². The van der Waals surface area contributed by atoms with Crippen molar-refractivity contribution in [3.8, 4) is 5.75 Å². The van der Waals surface area contributed by atoms with Gasteiger partial charge < -0.3 is 4.74 Å². The molecule has 0 N–H and O–H groups in total. The van der Waals surface area contributed by atoms with Crippen LogP contribution in [0, 0.1) is 23.0 Å². The predicted octanol–water partition coefficient (Wildman–Crippen LogP) is 3.96. The van der Waals surface area contributed by atoms with Crippen LogP contribution < -0.4 is 14.7 Å². The van der Waals surface area contributed by atoms with Crippen molar-refractivity contribution in [2.45, 2.75) is 19.1 Å². The molecule has 2 saturated heterocycles. The second kappa shape index (κ2) is 8.27. The first-order valence-electron chi connectivity index (χ1n) is 10.7. The minimum Gasteiger partial charge on any atom is -0.497 e. The summed E-state index contributed by atoms with van der Waals surface area (Å²) < 4.78 is 5.24. The van der Waals surface area contributed by atoms with Crippen molar-refractivity contribution in [3.63, 3.8) is 0 Å². The summed E-state index contributed by atoms with van der Waals surface area (Å²) >= 11 is 0. The highest BCUT2D eigenvalue weighted by atomic mass is 16.7. The second-order valence-electron chi connectivity index (χ2n) is 8.17. The summed E-state index contributed by atoms with van der Waals surface area (Å²) in [6.45, 7) is 1.89. The number of hydrogen-bond donors (Lipinski definition) is 0. The van der Waals surface area contributed by atoms with E-state index in [2.05, 4.69) is 0 Å². The zero-order valence-corrected chi connectivity index (χ0v) is 18.5. The minimum absolute atomic E-state index is 0.105. The molecule has 2 amide bonds. The van der Waals surface area contributed by atoms with Crippen LogP contribution in [0.5, 0.6) is 5.75 Å². The number of non-ortho nitro benzene ring substituents is 1. The number of rotatable bonds is 5. The number of fused-ring (bicyclic) bond motifs is 1. The number of nitrogens with zero attached hydrogens (tertiary/aromatic N) is 3. The van der Waals surface area contributed by atoms with Crippen molar-refractivity contribution in [2.75, 3.05) is 17.1 Å². The first-order chi connectivity index (χ1) is 16.4. The topological polar surface area (TPSA) is 102 Å². The van der Waals surface area contributed by atoms with Gasteiger partial charge in [0.2, 0.25) is 5.91 Å². The molecule has 34 heavy (non-hydrogen) atoms. The third-order valence-corrected chi connectivity index (χ3v) is 6.20. The van der Waals surface area contributed by atoms with Crippen LogP contribution in [0.2, 0.25) is 0 Å². The fourth-order valence-electron chi connectivity index (χ4n) is 4.60. The van der Waals surface area contributed by atoms with E-state index < -0.39 is 34.8 Å². The Labute approximate surface area is 195 Å². The molecule has 3 atom stereocenters. The average Bonchev–Trinajstić information content (AvgIpc) is 3.35. The molecule has 9 nitrogen and oxygen atoms in total. The molecule has 0 spiro atoms. The number of carbonyl (C=O) groups excluding carboxylic acids is 2. The zero-order chi connectivity index (χ0) is 24.0. The summed E-state index contributed by atoms with van der Waals surface area (Å²) in [7, 11) is 1.50. The fourth-order valence-corrected chi connectivity index (χ4v) is 4.60. The number of imide groups is 1.